The lowest BCUT2D eigenvalue weighted by atomic mass is 10.4. The Morgan fingerprint density at radius 1 is 1.43 bits per heavy atom. The first-order valence-corrected chi connectivity index (χ1v) is 4.87. The highest BCUT2D eigenvalue weighted by Crippen LogP contribution is 2.24. The second-order valence-corrected chi connectivity index (χ2v) is 3.20. The van der Waals surface area contributed by atoms with Crippen molar-refractivity contribution in [2.45, 2.75) is 13.8 Å². The number of rotatable bonds is 3. The molecule has 2 heterocycles. The zero-order valence-electron chi connectivity index (χ0n) is 8.53. The Labute approximate surface area is 82.9 Å². The highest BCUT2D eigenvalue weighted by atomic mass is 16.3. The summed E-state index contributed by atoms with van der Waals surface area (Å²) in [5, 5.41) is 2.19. The van der Waals surface area contributed by atoms with Crippen LogP contribution in [0.5, 0.6) is 0 Å². The van der Waals surface area contributed by atoms with Gasteiger partial charge in [0.1, 0.15) is 11.8 Å². The molecule has 0 aliphatic rings. The van der Waals surface area contributed by atoms with Crippen LogP contribution in [0.1, 0.15) is 13.8 Å². The molecule has 4 nitrogen and oxygen atoms in total. The molecule has 0 spiro atoms. The molecule has 2 N–H and O–H groups in total. The SMILES string of the molecule is CCN(CC)n1ccc2occ(N)c21. The van der Waals surface area contributed by atoms with Gasteiger partial charge >= 0.3 is 0 Å². The zero-order chi connectivity index (χ0) is 10.1. The lowest BCUT2D eigenvalue weighted by Gasteiger charge is -2.23. The Kier molecular flexibility index (Phi) is 2.11. The molecule has 0 aliphatic heterocycles. The molecule has 0 saturated heterocycles. The lowest BCUT2D eigenvalue weighted by Crippen LogP contribution is -2.33. The van der Waals surface area contributed by atoms with E-state index < -0.39 is 0 Å². The highest BCUT2D eigenvalue weighted by molar-refractivity contribution is 5.86. The Morgan fingerprint density at radius 2 is 2.14 bits per heavy atom. The van der Waals surface area contributed by atoms with Crippen LogP contribution in [-0.4, -0.2) is 17.8 Å². The standard InChI is InChI=1S/C10H15N3O/c1-3-12(4-2)13-6-5-9-10(13)8(11)7-14-9/h5-7H,3-4,11H2,1-2H3. The molecule has 4 heteroatoms. The lowest BCUT2D eigenvalue weighted by molar-refractivity contribution is 0.617. The fourth-order valence-corrected chi connectivity index (χ4v) is 1.72. The summed E-state index contributed by atoms with van der Waals surface area (Å²) in [7, 11) is 0. The fraction of sp³-hybridized carbons (Fsp3) is 0.400. The molecule has 0 fully saturated rings. The maximum absolute atomic E-state index is 5.83. The Bertz CT molecular complexity index is 425. The number of hydrogen-bond donors (Lipinski definition) is 1. The molecular formula is C10H15N3O. The minimum Gasteiger partial charge on any atom is -0.460 e. The normalized spacial score (nSPS) is 11.0. The van der Waals surface area contributed by atoms with Crippen LogP contribution in [0.4, 0.5) is 5.69 Å². The van der Waals surface area contributed by atoms with Crippen molar-refractivity contribution in [3.8, 4) is 0 Å². The van der Waals surface area contributed by atoms with Crippen molar-refractivity contribution in [1.82, 2.24) is 4.68 Å². The van der Waals surface area contributed by atoms with Gasteiger partial charge in [-0.05, 0) is 13.8 Å². The predicted molar refractivity (Wildman–Crippen MR) is 57.9 cm³/mol. The van der Waals surface area contributed by atoms with Crippen LogP contribution < -0.4 is 10.7 Å². The summed E-state index contributed by atoms with van der Waals surface area (Å²) in [6, 6.07) is 1.93. The number of furan rings is 1. The third-order valence-electron chi connectivity index (χ3n) is 2.45. The number of anilines is 1. The van der Waals surface area contributed by atoms with Gasteiger partial charge in [-0.15, -0.1) is 0 Å². The third-order valence-corrected chi connectivity index (χ3v) is 2.45. The quantitative estimate of drug-likeness (QED) is 0.808. The smallest absolute Gasteiger partial charge is 0.155 e. The van der Waals surface area contributed by atoms with Crippen molar-refractivity contribution >= 4 is 16.8 Å². The van der Waals surface area contributed by atoms with Gasteiger partial charge < -0.3 is 15.2 Å². The second kappa shape index (κ2) is 3.29. The second-order valence-electron chi connectivity index (χ2n) is 3.20. The van der Waals surface area contributed by atoms with Gasteiger partial charge in [-0.25, -0.2) is 0 Å². The molecule has 0 atom stereocenters. The maximum atomic E-state index is 5.83. The largest absolute Gasteiger partial charge is 0.460 e. The molecule has 0 aliphatic carbocycles. The van der Waals surface area contributed by atoms with Crippen molar-refractivity contribution in [3.05, 3.63) is 18.5 Å². The summed E-state index contributed by atoms with van der Waals surface area (Å²) in [5.74, 6) is 0. The molecule has 0 saturated carbocycles. The summed E-state index contributed by atoms with van der Waals surface area (Å²) >= 11 is 0. The summed E-state index contributed by atoms with van der Waals surface area (Å²) in [5.41, 5.74) is 8.33. The minimum absolute atomic E-state index is 0.692. The molecule has 2 aromatic heterocycles. The van der Waals surface area contributed by atoms with Gasteiger partial charge in [-0.3, -0.25) is 4.68 Å². The van der Waals surface area contributed by atoms with Crippen molar-refractivity contribution in [2.75, 3.05) is 23.8 Å². The summed E-state index contributed by atoms with van der Waals surface area (Å²) in [4.78, 5) is 0. The van der Waals surface area contributed by atoms with Gasteiger partial charge in [0.2, 0.25) is 0 Å². The number of nitrogen functional groups attached to an aromatic ring is 1. The van der Waals surface area contributed by atoms with Gasteiger partial charge in [0.25, 0.3) is 0 Å². The molecule has 2 rings (SSSR count). The summed E-state index contributed by atoms with van der Waals surface area (Å²) in [6.07, 6.45) is 3.57. The average molecular weight is 193 g/mol. The number of hydrogen-bond acceptors (Lipinski definition) is 3. The van der Waals surface area contributed by atoms with Crippen molar-refractivity contribution in [1.29, 1.82) is 0 Å². The molecular weight excluding hydrogens is 178 g/mol. The van der Waals surface area contributed by atoms with E-state index in [1.54, 1.807) is 6.26 Å². The fourth-order valence-electron chi connectivity index (χ4n) is 1.72. The maximum Gasteiger partial charge on any atom is 0.155 e. The van der Waals surface area contributed by atoms with Gasteiger partial charge in [0, 0.05) is 25.4 Å². The topological polar surface area (TPSA) is 47.3 Å². The van der Waals surface area contributed by atoms with E-state index in [0.29, 0.717) is 5.69 Å². The Morgan fingerprint density at radius 3 is 2.79 bits per heavy atom. The average Bonchev–Trinajstić information content (AvgIpc) is 2.74. The molecule has 0 aromatic carbocycles. The van der Waals surface area contributed by atoms with E-state index in [1.165, 1.54) is 0 Å². The predicted octanol–water partition coefficient (Wildman–Crippen LogP) is 1.79. The molecule has 0 radical (unpaired) electrons. The Hall–Kier alpha value is -1.58. The van der Waals surface area contributed by atoms with Gasteiger partial charge in [0.05, 0.1) is 5.69 Å². The molecule has 76 valence electrons. The van der Waals surface area contributed by atoms with Gasteiger partial charge in [-0.2, -0.15) is 0 Å². The van der Waals surface area contributed by atoms with E-state index in [4.69, 9.17) is 10.2 Å². The van der Waals surface area contributed by atoms with Crippen molar-refractivity contribution in [3.63, 3.8) is 0 Å². The summed E-state index contributed by atoms with van der Waals surface area (Å²) in [6.45, 7) is 6.13. The van der Waals surface area contributed by atoms with Crippen LogP contribution in [-0.2, 0) is 0 Å². The van der Waals surface area contributed by atoms with Crippen molar-refractivity contribution < 1.29 is 4.42 Å². The van der Waals surface area contributed by atoms with Crippen LogP contribution >= 0.6 is 0 Å². The molecule has 2 aromatic rings. The van der Waals surface area contributed by atoms with E-state index in [1.807, 2.05) is 16.9 Å². The highest BCUT2D eigenvalue weighted by Gasteiger charge is 2.11. The number of aromatic nitrogens is 1. The van der Waals surface area contributed by atoms with E-state index in [0.717, 1.165) is 24.2 Å². The number of fused-ring (bicyclic) bond motifs is 1. The van der Waals surface area contributed by atoms with Crippen molar-refractivity contribution in [2.24, 2.45) is 0 Å². The van der Waals surface area contributed by atoms with E-state index in [-0.39, 0.29) is 0 Å². The minimum atomic E-state index is 0.692. The van der Waals surface area contributed by atoms with Gasteiger partial charge in [0.15, 0.2) is 5.58 Å². The monoisotopic (exact) mass is 193 g/mol. The molecule has 0 unspecified atom stereocenters. The molecule has 0 bridgehead atoms. The van der Waals surface area contributed by atoms with Crippen LogP contribution in [0.15, 0.2) is 22.9 Å². The third kappa shape index (κ3) is 1.14. The van der Waals surface area contributed by atoms with Crippen LogP contribution in [0.2, 0.25) is 0 Å². The Balaban J connectivity index is 2.55. The molecule has 14 heavy (non-hydrogen) atoms. The first-order valence-electron chi connectivity index (χ1n) is 4.87. The van der Waals surface area contributed by atoms with E-state index >= 15 is 0 Å². The van der Waals surface area contributed by atoms with Crippen LogP contribution in [0.3, 0.4) is 0 Å². The van der Waals surface area contributed by atoms with Crippen LogP contribution in [0.25, 0.3) is 11.1 Å². The van der Waals surface area contributed by atoms with Crippen LogP contribution in [0, 0.1) is 0 Å². The van der Waals surface area contributed by atoms with E-state index in [9.17, 15) is 0 Å². The zero-order valence-corrected chi connectivity index (χ0v) is 8.53. The first kappa shape index (κ1) is 8.99. The number of nitrogens with zero attached hydrogens (tertiary/aromatic N) is 2. The summed E-state index contributed by atoms with van der Waals surface area (Å²) < 4.78 is 7.35. The molecule has 0 amide bonds. The van der Waals surface area contributed by atoms with E-state index in [2.05, 4.69) is 18.9 Å². The number of nitrogens with two attached hydrogens (primary N) is 1. The van der Waals surface area contributed by atoms with Gasteiger partial charge in [-0.1, -0.05) is 0 Å². The first-order chi connectivity index (χ1) is 6.77.